The van der Waals surface area contributed by atoms with Gasteiger partial charge in [-0.3, -0.25) is 25.0 Å². The summed E-state index contributed by atoms with van der Waals surface area (Å²) in [5.41, 5.74) is -1.71. The van der Waals surface area contributed by atoms with Crippen molar-refractivity contribution in [2.45, 2.75) is 0 Å². The summed E-state index contributed by atoms with van der Waals surface area (Å²) >= 11 is 0. The zero-order valence-electron chi connectivity index (χ0n) is 14.7. The topological polar surface area (TPSA) is 110 Å². The summed E-state index contributed by atoms with van der Waals surface area (Å²) in [4.78, 5) is 35.4. The van der Waals surface area contributed by atoms with Crippen molar-refractivity contribution in [3.8, 4) is 0 Å². The molecule has 0 aliphatic carbocycles. The second-order valence-electron chi connectivity index (χ2n) is 6.21. The molecule has 0 unspecified atom stereocenters. The molecule has 2 aromatic rings. The first kappa shape index (κ1) is 20.0. The van der Waals surface area contributed by atoms with E-state index in [1.54, 1.807) is 4.90 Å². The Morgan fingerprint density at radius 1 is 0.862 bits per heavy atom. The number of halogens is 3. The number of benzene rings is 2. The molecule has 0 spiro atoms. The SMILES string of the molecule is O=C(c1cc(F)c(F)cc1[N+](=O)[O-])N1CCN(c2ccc([N+](=O)[O-])cc2F)CC1. The van der Waals surface area contributed by atoms with E-state index < -0.39 is 50.1 Å². The lowest BCUT2D eigenvalue weighted by Crippen LogP contribution is -2.49. The largest absolute Gasteiger partial charge is 0.366 e. The maximum Gasteiger partial charge on any atom is 0.285 e. The number of nitrogens with zero attached hydrogens (tertiary/aromatic N) is 4. The molecule has 1 heterocycles. The van der Waals surface area contributed by atoms with Crippen LogP contribution in [0.2, 0.25) is 0 Å². The molecular formula is C17H13F3N4O5. The van der Waals surface area contributed by atoms with Crippen LogP contribution in [0.25, 0.3) is 0 Å². The quantitative estimate of drug-likeness (QED) is 0.566. The molecule has 29 heavy (non-hydrogen) atoms. The molecule has 1 aliphatic heterocycles. The van der Waals surface area contributed by atoms with E-state index in [1.807, 2.05) is 0 Å². The van der Waals surface area contributed by atoms with E-state index in [1.165, 1.54) is 11.0 Å². The van der Waals surface area contributed by atoms with Crippen LogP contribution in [0.1, 0.15) is 10.4 Å². The summed E-state index contributed by atoms with van der Waals surface area (Å²) in [7, 11) is 0. The van der Waals surface area contributed by atoms with Gasteiger partial charge in [0.15, 0.2) is 17.5 Å². The van der Waals surface area contributed by atoms with Gasteiger partial charge in [-0.25, -0.2) is 13.2 Å². The Bertz CT molecular complexity index is 1010. The van der Waals surface area contributed by atoms with Crippen molar-refractivity contribution in [3.05, 3.63) is 73.6 Å². The monoisotopic (exact) mass is 410 g/mol. The van der Waals surface area contributed by atoms with Crippen LogP contribution in [0.3, 0.4) is 0 Å². The zero-order chi connectivity index (χ0) is 21.3. The lowest BCUT2D eigenvalue weighted by atomic mass is 10.1. The van der Waals surface area contributed by atoms with E-state index in [4.69, 9.17) is 0 Å². The number of non-ortho nitro benzene ring substituents is 1. The minimum Gasteiger partial charge on any atom is -0.366 e. The number of anilines is 1. The van der Waals surface area contributed by atoms with Gasteiger partial charge in [-0.05, 0) is 12.1 Å². The molecule has 152 valence electrons. The van der Waals surface area contributed by atoms with Crippen molar-refractivity contribution in [3.63, 3.8) is 0 Å². The molecule has 0 N–H and O–H groups in total. The predicted molar refractivity (Wildman–Crippen MR) is 94.2 cm³/mol. The van der Waals surface area contributed by atoms with Gasteiger partial charge in [0.05, 0.1) is 27.7 Å². The average Bonchev–Trinajstić information content (AvgIpc) is 2.69. The minimum atomic E-state index is -1.44. The van der Waals surface area contributed by atoms with Gasteiger partial charge in [0, 0.05) is 32.2 Å². The molecule has 0 bridgehead atoms. The van der Waals surface area contributed by atoms with E-state index in [0.29, 0.717) is 12.1 Å². The fourth-order valence-corrected chi connectivity index (χ4v) is 3.05. The van der Waals surface area contributed by atoms with Gasteiger partial charge in [0.1, 0.15) is 5.56 Å². The molecular weight excluding hydrogens is 397 g/mol. The number of amides is 1. The van der Waals surface area contributed by atoms with Crippen LogP contribution in [0, 0.1) is 37.7 Å². The second-order valence-corrected chi connectivity index (χ2v) is 6.21. The van der Waals surface area contributed by atoms with Crippen LogP contribution in [-0.2, 0) is 0 Å². The van der Waals surface area contributed by atoms with Crippen LogP contribution >= 0.6 is 0 Å². The zero-order valence-corrected chi connectivity index (χ0v) is 14.7. The molecule has 1 fully saturated rings. The highest BCUT2D eigenvalue weighted by Crippen LogP contribution is 2.27. The Hall–Kier alpha value is -3.70. The predicted octanol–water partition coefficient (Wildman–Crippen LogP) is 2.88. The van der Waals surface area contributed by atoms with Crippen LogP contribution < -0.4 is 4.90 Å². The summed E-state index contributed by atoms with van der Waals surface area (Å²) < 4.78 is 41.0. The maximum atomic E-state index is 14.2. The minimum absolute atomic E-state index is 0.0331. The highest BCUT2D eigenvalue weighted by molar-refractivity contribution is 5.98. The molecule has 1 aliphatic rings. The van der Waals surface area contributed by atoms with Crippen LogP contribution in [-0.4, -0.2) is 46.8 Å². The van der Waals surface area contributed by atoms with Gasteiger partial charge in [0.2, 0.25) is 0 Å². The molecule has 0 radical (unpaired) electrons. The number of nitro benzene ring substituents is 2. The highest BCUT2D eigenvalue weighted by atomic mass is 19.2. The third kappa shape index (κ3) is 3.95. The molecule has 0 atom stereocenters. The summed E-state index contributed by atoms with van der Waals surface area (Å²) in [6.07, 6.45) is 0. The van der Waals surface area contributed by atoms with E-state index in [2.05, 4.69) is 0 Å². The maximum absolute atomic E-state index is 14.2. The number of piperazine rings is 1. The van der Waals surface area contributed by atoms with Crippen molar-refractivity contribution >= 4 is 23.0 Å². The fourth-order valence-electron chi connectivity index (χ4n) is 3.05. The molecule has 0 aromatic heterocycles. The summed E-state index contributed by atoms with van der Waals surface area (Å²) in [5.74, 6) is -4.47. The average molecular weight is 410 g/mol. The molecule has 9 nitrogen and oxygen atoms in total. The van der Waals surface area contributed by atoms with Crippen molar-refractivity contribution in [1.82, 2.24) is 4.90 Å². The molecule has 12 heteroatoms. The van der Waals surface area contributed by atoms with E-state index >= 15 is 0 Å². The number of carbonyl (C=O) groups is 1. The van der Waals surface area contributed by atoms with Gasteiger partial charge < -0.3 is 9.80 Å². The smallest absolute Gasteiger partial charge is 0.285 e. The van der Waals surface area contributed by atoms with Gasteiger partial charge in [0.25, 0.3) is 17.3 Å². The first-order valence-corrected chi connectivity index (χ1v) is 8.30. The molecule has 2 aromatic carbocycles. The van der Waals surface area contributed by atoms with Crippen molar-refractivity contribution in [2.24, 2.45) is 0 Å². The Balaban J connectivity index is 1.76. The van der Waals surface area contributed by atoms with E-state index in [-0.39, 0.29) is 31.9 Å². The van der Waals surface area contributed by atoms with Crippen LogP contribution in [0.15, 0.2) is 30.3 Å². The number of hydrogen-bond donors (Lipinski definition) is 0. The van der Waals surface area contributed by atoms with Crippen molar-refractivity contribution in [2.75, 3.05) is 31.1 Å². The highest BCUT2D eigenvalue weighted by Gasteiger charge is 2.30. The summed E-state index contributed by atoms with van der Waals surface area (Å²) in [6.45, 7) is 0.340. The first-order chi connectivity index (χ1) is 13.7. The van der Waals surface area contributed by atoms with Crippen molar-refractivity contribution < 1.29 is 27.8 Å². The lowest BCUT2D eigenvalue weighted by molar-refractivity contribution is -0.385. The van der Waals surface area contributed by atoms with Gasteiger partial charge in [-0.2, -0.15) is 0 Å². The summed E-state index contributed by atoms with van der Waals surface area (Å²) in [6, 6.07) is 4.03. The van der Waals surface area contributed by atoms with Gasteiger partial charge in [-0.15, -0.1) is 0 Å². The van der Waals surface area contributed by atoms with Gasteiger partial charge >= 0.3 is 0 Å². The number of rotatable bonds is 4. The second kappa shape index (κ2) is 7.73. The number of carbonyl (C=O) groups excluding carboxylic acids is 1. The Morgan fingerprint density at radius 2 is 1.48 bits per heavy atom. The van der Waals surface area contributed by atoms with E-state index in [0.717, 1.165) is 12.1 Å². The first-order valence-electron chi connectivity index (χ1n) is 8.30. The van der Waals surface area contributed by atoms with Crippen LogP contribution in [0.4, 0.5) is 30.2 Å². The standard InChI is InChI=1S/C17H13F3N4O5/c18-12-8-11(16(24(28)29)9-13(12)19)17(25)22-5-3-21(4-6-22)15-2-1-10(23(26)27)7-14(15)20/h1-2,7-9H,3-6H2. The fraction of sp³-hybridized carbons (Fsp3) is 0.235. The Kier molecular flexibility index (Phi) is 5.35. The van der Waals surface area contributed by atoms with Crippen LogP contribution in [0.5, 0.6) is 0 Å². The molecule has 3 rings (SSSR count). The molecule has 1 amide bonds. The van der Waals surface area contributed by atoms with E-state index in [9.17, 15) is 38.2 Å². The third-order valence-corrected chi connectivity index (χ3v) is 4.52. The van der Waals surface area contributed by atoms with Gasteiger partial charge in [-0.1, -0.05) is 0 Å². The third-order valence-electron chi connectivity index (χ3n) is 4.52. The Morgan fingerprint density at radius 3 is 2.03 bits per heavy atom. The molecule has 0 saturated carbocycles. The van der Waals surface area contributed by atoms with Crippen molar-refractivity contribution in [1.29, 1.82) is 0 Å². The Labute approximate surface area is 161 Å². The molecule has 1 saturated heterocycles. The lowest BCUT2D eigenvalue weighted by Gasteiger charge is -2.36. The number of nitro groups is 2. The summed E-state index contributed by atoms with van der Waals surface area (Å²) in [5, 5.41) is 21.8. The normalized spacial score (nSPS) is 14.0. The number of hydrogen-bond acceptors (Lipinski definition) is 6.